The molecule has 1 amide bonds. The number of amides is 1. The maximum atomic E-state index is 13.4. The fourth-order valence-corrected chi connectivity index (χ4v) is 6.15. The molecule has 2 aliphatic rings. The first-order valence-electron chi connectivity index (χ1n) is 13.8. The van der Waals surface area contributed by atoms with Crippen LogP contribution in [0.3, 0.4) is 0 Å². The summed E-state index contributed by atoms with van der Waals surface area (Å²) in [5.41, 5.74) is 2.86. The van der Waals surface area contributed by atoms with Gasteiger partial charge in [0.25, 0.3) is 5.91 Å². The van der Waals surface area contributed by atoms with Gasteiger partial charge in [-0.3, -0.25) is 4.79 Å². The number of benzene rings is 2. The van der Waals surface area contributed by atoms with E-state index in [4.69, 9.17) is 24.2 Å². The van der Waals surface area contributed by atoms with Gasteiger partial charge in [0.1, 0.15) is 23.4 Å². The summed E-state index contributed by atoms with van der Waals surface area (Å²) >= 11 is 1.67. The number of nitrogens with zero attached hydrogens (tertiary/aromatic N) is 4. The third-order valence-corrected chi connectivity index (χ3v) is 8.47. The van der Waals surface area contributed by atoms with Gasteiger partial charge in [-0.1, -0.05) is 49.4 Å². The van der Waals surface area contributed by atoms with Crippen molar-refractivity contribution in [3.8, 4) is 17.1 Å². The lowest BCUT2D eigenvalue weighted by atomic mass is 10.0. The van der Waals surface area contributed by atoms with E-state index in [1.807, 2.05) is 61.2 Å². The zero-order chi connectivity index (χ0) is 27.7. The largest absolute Gasteiger partial charge is 0.461 e. The summed E-state index contributed by atoms with van der Waals surface area (Å²) in [4.78, 5) is 29.3. The van der Waals surface area contributed by atoms with E-state index in [0.29, 0.717) is 51.0 Å². The van der Waals surface area contributed by atoms with Crippen molar-refractivity contribution in [3.63, 3.8) is 0 Å². The highest BCUT2D eigenvalue weighted by atomic mass is 32.1. The first kappa shape index (κ1) is 26.7. The lowest BCUT2D eigenvalue weighted by Crippen LogP contribution is -2.49. The first-order chi connectivity index (χ1) is 19.4. The number of fused-ring (bicyclic) bond motifs is 1. The number of aromatic nitrogens is 2. The fraction of sp³-hybridized carbons (Fsp3) is 0.387. The van der Waals surface area contributed by atoms with Gasteiger partial charge in [-0.05, 0) is 49.6 Å². The Morgan fingerprint density at radius 1 is 1.02 bits per heavy atom. The van der Waals surface area contributed by atoms with Crippen molar-refractivity contribution in [1.82, 2.24) is 14.9 Å². The normalized spacial score (nSPS) is 18.8. The van der Waals surface area contributed by atoms with Crippen molar-refractivity contribution in [2.24, 2.45) is 0 Å². The summed E-state index contributed by atoms with van der Waals surface area (Å²) in [6.07, 6.45) is 0.769. The molecule has 0 unspecified atom stereocenters. The molecule has 0 radical (unpaired) electrons. The Labute approximate surface area is 238 Å². The molecule has 208 valence electrons. The number of aryl methyl sites for hydroxylation is 1. The van der Waals surface area contributed by atoms with Crippen molar-refractivity contribution in [2.75, 3.05) is 44.3 Å². The minimum atomic E-state index is -0.603. The van der Waals surface area contributed by atoms with Crippen LogP contribution in [0.2, 0.25) is 0 Å². The quantitative estimate of drug-likeness (QED) is 0.300. The molecular weight excluding hydrogens is 524 g/mol. The summed E-state index contributed by atoms with van der Waals surface area (Å²) in [5, 5.41) is 1.03. The van der Waals surface area contributed by atoms with Crippen molar-refractivity contribution >= 4 is 33.3 Å². The molecule has 2 aliphatic heterocycles. The second kappa shape index (κ2) is 11.2. The first-order valence-corrected chi connectivity index (χ1v) is 14.6. The molecule has 0 bridgehead atoms. The summed E-state index contributed by atoms with van der Waals surface area (Å²) in [5.74, 6) is 0.311. The molecule has 9 heteroatoms. The molecule has 6 rings (SSSR count). The molecular formula is C31H34N4O4S. The van der Waals surface area contributed by atoms with Gasteiger partial charge < -0.3 is 24.0 Å². The highest BCUT2D eigenvalue weighted by Gasteiger charge is 2.33. The van der Waals surface area contributed by atoms with E-state index in [9.17, 15) is 4.79 Å². The van der Waals surface area contributed by atoms with Crippen molar-refractivity contribution in [1.29, 1.82) is 0 Å². The van der Waals surface area contributed by atoms with Crippen LogP contribution in [-0.2, 0) is 15.9 Å². The lowest BCUT2D eigenvalue weighted by Gasteiger charge is -2.35. The molecule has 2 aromatic heterocycles. The molecule has 2 fully saturated rings. The van der Waals surface area contributed by atoms with Gasteiger partial charge >= 0.3 is 6.01 Å². The van der Waals surface area contributed by atoms with Crippen LogP contribution in [0.1, 0.15) is 36.0 Å². The number of hydrogen-bond acceptors (Lipinski definition) is 8. The van der Waals surface area contributed by atoms with E-state index in [2.05, 4.69) is 30.0 Å². The molecule has 0 spiro atoms. The second-order valence-electron chi connectivity index (χ2n) is 10.6. The van der Waals surface area contributed by atoms with Crippen LogP contribution in [0.15, 0.2) is 60.7 Å². The fourth-order valence-electron chi connectivity index (χ4n) is 5.20. The van der Waals surface area contributed by atoms with Crippen LogP contribution in [-0.4, -0.2) is 72.1 Å². The number of ether oxygens (including phenoxy) is 3. The Hall–Kier alpha value is -3.53. The van der Waals surface area contributed by atoms with Gasteiger partial charge in [0.15, 0.2) is 5.79 Å². The van der Waals surface area contributed by atoms with Gasteiger partial charge in [0, 0.05) is 36.6 Å². The van der Waals surface area contributed by atoms with Crippen LogP contribution < -0.4 is 9.64 Å². The van der Waals surface area contributed by atoms with E-state index in [0.717, 1.165) is 33.6 Å². The number of anilines is 1. The minimum Gasteiger partial charge on any atom is -0.461 e. The molecule has 0 N–H and O–H groups in total. The molecule has 4 heterocycles. The highest BCUT2D eigenvalue weighted by Crippen LogP contribution is 2.34. The summed E-state index contributed by atoms with van der Waals surface area (Å²) in [6, 6.07) is 20.6. The smallest absolute Gasteiger partial charge is 0.319 e. The van der Waals surface area contributed by atoms with Crippen molar-refractivity contribution < 1.29 is 19.0 Å². The van der Waals surface area contributed by atoms with Crippen molar-refractivity contribution in [2.45, 2.75) is 39.1 Å². The summed E-state index contributed by atoms with van der Waals surface area (Å²) in [6.45, 7) is 9.33. The molecule has 4 aromatic rings. The predicted octanol–water partition coefficient (Wildman–Crippen LogP) is 5.41. The van der Waals surface area contributed by atoms with Crippen molar-refractivity contribution in [3.05, 3.63) is 71.1 Å². The number of carbonyl (C=O) groups excluding carboxylic acids is 1. The number of piperazine rings is 1. The van der Waals surface area contributed by atoms with Crippen LogP contribution in [0.4, 0.5) is 5.82 Å². The van der Waals surface area contributed by atoms with E-state index in [1.54, 1.807) is 11.3 Å². The van der Waals surface area contributed by atoms with Gasteiger partial charge in [-0.2, -0.15) is 9.97 Å². The predicted molar refractivity (Wildman–Crippen MR) is 157 cm³/mol. The maximum Gasteiger partial charge on any atom is 0.319 e. The van der Waals surface area contributed by atoms with Gasteiger partial charge in [-0.25, -0.2) is 0 Å². The SMILES string of the molecule is CCc1cc2c(N3CCN(C(=O)c4cccc(-c5ccccc5)c4)CC3)nc(OC[C@H]3COC(C)(C)O3)nc2s1. The second-order valence-corrected chi connectivity index (χ2v) is 11.7. The van der Waals surface area contributed by atoms with Crippen LogP contribution >= 0.6 is 11.3 Å². The highest BCUT2D eigenvalue weighted by molar-refractivity contribution is 7.18. The van der Waals surface area contributed by atoms with E-state index < -0.39 is 5.79 Å². The van der Waals surface area contributed by atoms with Gasteiger partial charge in [-0.15, -0.1) is 11.3 Å². The third-order valence-electron chi connectivity index (χ3n) is 7.30. The van der Waals surface area contributed by atoms with E-state index in [1.165, 1.54) is 4.88 Å². The Morgan fingerprint density at radius 2 is 1.80 bits per heavy atom. The number of thiophene rings is 1. The Bertz CT molecular complexity index is 1500. The average Bonchev–Trinajstić information content (AvgIpc) is 3.57. The van der Waals surface area contributed by atoms with Crippen LogP contribution in [0.5, 0.6) is 6.01 Å². The molecule has 40 heavy (non-hydrogen) atoms. The summed E-state index contributed by atoms with van der Waals surface area (Å²) < 4.78 is 17.6. The monoisotopic (exact) mass is 558 g/mol. The molecule has 8 nitrogen and oxygen atoms in total. The van der Waals surface area contributed by atoms with E-state index in [-0.39, 0.29) is 12.0 Å². The van der Waals surface area contributed by atoms with Crippen LogP contribution in [0, 0.1) is 0 Å². The topological polar surface area (TPSA) is 77.0 Å². The number of carbonyl (C=O) groups is 1. The van der Waals surface area contributed by atoms with Gasteiger partial charge in [0.2, 0.25) is 0 Å². The lowest BCUT2D eigenvalue weighted by molar-refractivity contribution is -0.141. The molecule has 0 aliphatic carbocycles. The Kier molecular flexibility index (Phi) is 7.44. The number of rotatable bonds is 7. The average molecular weight is 559 g/mol. The molecule has 0 saturated carbocycles. The minimum absolute atomic E-state index is 0.0554. The molecule has 2 saturated heterocycles. The Balaban J connectivity index is 1.17. The van der Waals surface area contributed by atoms with Crippen LogP contribution in [0.25, 0.3) is 21.3 Å². The summed E-state index contributed by atoms with van der Waals surface area (Å²) in [7, 11) is 0. The maximum absolute atomic E-state index is 13.4. The third kappa shape index (κ3) is 5.68. The zero-order valence-corrected chi connectivity index (χ0v) is 23.9. The van der Waals surface area contributed by atoms with Gasteiger partial charge in [0.05, 0.1) is 12.0 Å². The molecule has 1 atom stereocenters. The van der Waals surface area contributed by atoms with E-state index >= 15 is 0 Å². The molecule has 2 aromatic carbocycles. The Morgan fingerprint density at radius 3 is 2.52 bits per heavy atom. The standard InChI is InChI=1S/C31H34N4O4S/c1-4-25-18-26-27(32-30(33-28(26)40-25)37-19-24-20-38-31(2,3)39-24)34-13-15-35(16-14-34)29(36)23-12-8-11-22(17-23)21-9-6-5-7-10-21/h5-12,17-18,24H,4,13-16,19-20H2,1-3H3/t24-/m0/s1. The zero-order valence-electron chi connectivity index (χ0n) is 23.1. The number of hydrogen-bond donors (Lipinski definition) is 0.